The van der Waals surface area contributed by atoms with Crippen LogP contribution in [-0.2, 0) is 11.3 Å². The third kappa shape index (κ3) is 5.31. The molecule has 0 radical (unpaired) electrons. The number of amides is 1. The molecule has 0 bridgehead atoms. The smallest absolute Gasteiger partial charge is 0.274 e. The van der Waals surface area contributed by atoms with Crippen LogP contribution >= 0.6 is 0 Å². The molecule has 6 heteroatoms. The van der Waals surface area contributed by atoms with Gasteiger partial charge in [0, 0.05) is 33.4 Å². The molecule has 0 aliphatic heterocycles. The van der Waals surface area contributed by atoms with E-state index in [9.17, 15) is 4.79 Å². The minimum atomic E-state index is -0.111. The molecule has 0 aliphatic carbocycles. The van der Waals surface area contributed by atoms with Crippen molar-refractivity contribution >= 4 is 11.7 Å². The molecule has 0 unspecified atom stereocenters. The van der Waals surface area contributed by atoms with Crippen molar-refractivity contribution in [2.45, 2.75) is 19.9 Å². The van der Waals surface area contributed by atoms with Crippen LogP contribution in [0.4, 0.5) is 5.82 Å². The molecule has 0 fully saturated rings. The first-order chi connectivity index (χ1) is 11.7. The van der Waals surface area contributed by atoms with E-state index in [1.165, 1.54) is 6.20 Å². The van der Waals surface area contributed by atoms with Crippen molar-refractivity contribution in [1.82, 2.24) is 14.9 Å². The summed E-state index contributed by atoms with van der Waals surface area (Å²) in [7, 11) is 1.68. The van der Waals surface area contributed by atoms with Crippen molar-refractivity contribution in [3.8, 4) is 0 Å². The highest BCUT2D eigenvalue weighted by Crippen LogP contribution is 2.09. The molecular formula is C18H24N4O2. The maximum Gasteiger partial charge on any atom is 0.274 e. The molecule has 0 spiro atoms. The van der Waals surface area contributed by atoms with Gasteiger partial charge in [-0.05, 0) is 18.9 Å². The lowest BCUT2D eigenvalue weighted by Gasteiger charge is -2.20. The first-order valence-electron chi connectivity index (χ1n) is 8.12. The summed E-state index contributed by atoms with van der Waals surface area (Å²) in [5.74, 6) is 0.550. The lowest BCUT2D eigenvalue weighted by molar-refractivity contribution is 0.0746. The third-order valence-electron chi connectivity index (χ3n) is 3.59. The van der Waals surface area contributed by atoms with Crippen LogP contribution in [0.15, 0.2) is 42.7 Å². The van der Waals surface area contributed by atoms with Crippen molar-refractivity contribution < 1.29 is 9.53 Å². The van der Waals surface area contributed by atoms with Crippen molar-refractivity contribution in [3.63, 3.8) is 0 Å². The number of benzene rings is 1. The third-order valence-corrected chi connectivity index (χ3v) is 3.59. The van der Waals surface area contributed by atoms with E-state index < -0.39 is 0 Å². The molecule has 1 N–H and O–H groups in total. The number of carbonyl (C=O) groups excluding carboxylic acids is 1. The van der Waals surface area contributed by atoms with Gasteiger partial charge in [0.1, 0.15) is 11.5 Å². The maximum absolute atomic E-state index is 12.6. The fraction of sp³-hybridized carbons (Fsp3) is 0.389. The minimum Gasteiger partial charge on any atom is -0.385 e. The van der Waals surface area contributed by atoms with Gasteiger partial charge in [0.25, 0.3) is 5.91 Å². The molecule has 1 aromatic carbocycles. The molecule has 0 saturated heterocycles. The van der Waals surface area contributed by atoms with Gasteiger partial charge in [-0.3, -0.25) is 4.79 Å². The Labute approximate surface area is 142 Å². The largest absolute Gasteiger partial charge is 0.385 e. The molecule has 24 heavy (non-hydrogen) atoms. The van der Waals surface area contributed by atoms with Gasteiger partial charge in [-0.25, -0.2) is 9.97 Å². The molecule has 128 valence electrons. The number of carbonyl (C=O) groups is 1. The molecular weight excluding hydrogens is 304 g/mol. The summed E-state index contributed by atoms with van der Waals surface area (Å²) in [5.41, 5.74) is 1.45. The molecule has 2 aromatic rings. The number of rotatable bonds is 9. The molecule has 0 saturated carbocycles. The van der Waals surface area contributed by atoms with E-state index in [1.807, 2.05) is 37.3 Å². The van der Waals surface area contributed by atoms with Crippen molar-refractivity contribution in [1.29, 1.82) is 0 Å². The monoisotopic (exact) mass is 328 g/mol. The Morgan fingerprint density at radius 3 is 2.62 bits per heavy atom. The van der Waals surface area contributed by atoms with Crippen LogP contribution in [0.2, 0.25) is 0 Å². The fourth-order valence-corrected chi connectivity index (χ4v) is 2.26. The number of hydrogen-bond acceptors (Lipinski definition) is 5. The molecule has 1 amide bonds. The van der Waals surface area contributed by atoms with Crippen LogP contribution in [-0.4, -0.2) is 47.6 Å². The van der Waals surface area contributed by atoms with E-state index in [4.69, 9.17) is 4.74 Å². The van der Waals surface area contributed by atoms with Crippen molar-refractivity contribution in [2.75, 3.05) is 32.1 Å². The Kier molecular flexibility index (Phi) is 7.17. The van der Waals surface area contributed by atoms with E-state index in [0.717, 1.165) is 18.5 Å². The molecule has 1 heterocycles. The predicted octanol–water partition coefficient (Wildman–Crippen LogP) is 2.59. The Bertz CT molecular complexity index is 617. The van der Waals surface area contributed by atoms with Crippen molar-refractivity contribution in [3.05, 3.63) is 54.0 Å². The first kappa shape index (κ1) is 17.9. The highest BCUT2D eigenvalue weighted by molar-refractivity contribution is 5.92. The van der Waals surface area contributed by atoms with Crippen molar-refractivity contribution in [2.24, 2.45) is 0 Å². The molecule has 1 aromatic heterocycles. The van der Waals surface area contributed by atoms with Crippen LogP contribution in [0.1, 0.15) is 29.4 Å². The van der Waals surface area contributed by atoms with Gasteiger partial charge < -0.3 is 15.0 Å². The van der Waals surface area contributed by atoms with Gasteiger partial charge in [0.05, 0.1) is 12.4 Å². The normalized spacial score (nSPS) is 10.4. The summed E-state index contributed by atoms with van der Waals surface area (Å²) in [4.78, 5) is 22.8. The summed E-state index contributed by atoms with van der Waals surface area (Å²) in [6.45, 7) is 4.59. The Hall–Kier alpha value is -2.47. The summed E-state index contributed by atoms with van der Waals surface area (Å²) >= 11 is 0. The van der Waals surface area contributed by atoms with E-state index in [2.05, 4.69) is 15.3 Å². The second-order valence-electron chi connectivity index (χ2n) is 5.36. The number of ether oxygens (including phenoxy) is 1. The number of nitrogens with zero attached hydrogens (tertiary/aromatic N) is 3. The van der Waals surface area contributed by atoms with E-state index in [-0.39, 0.29) is 5.91 Å². The zero-order valence-corrected chi connectivity index (χ0v) is 14.2. The quantitative estimate of drug-likeness (QED) is 0.717. The maximum atomic E-state index is 12.6. The van der Waals surface area contributed by atoms with Gasteiger partial charge in [-0.2, -0.15) is 0 Å². The average molecular weight is 328 g/mol. The van der Waals surface area contributed by atoms with Gasteiger partial charge in [0.2, 0.25) is 0 Å². The second-order valence-corrected chi connectivity index (χ2v) is 5.36. The minimum absolute atomic E-state index is 0.111. The van der Waals surface area contributed by atoms with E-state index >= 15 is 0 Å². The van der Waals surface area contributed by atoms with Gasteiger partial charge in [0.15, 0.2) is 0 Å². The van der Waals surface area contributed by atoms with Crippen LogP contribution in [0.3, 0.4) is 0 Å². The average Bonchev–Trinajstić information content (AvgIpc) is 2.64. The van der Waals surface area contributed by atoms with E-state index in [0.29, 0.717) is 31.2 Å². The molecule has 6 nitrogen and oxygen atoms in total. The highest BCUT2D eigenvalue weighted by atomic mass is 16.5. The Morgan fingerprint density at radius 2 is 2.00 bits per heavy atom. The zero-order chi connectivity index (χ0) is 17.2. The van der Waals surface area contributed by atoms with E-state index in [1.54, 1.807) is 18.2 Å². The summed E-state index contributed by atoms with van der Waals surface area (Å²) in [6, 6.07) is 9.92. The van der Waals surface area contributed by atoms with Crippen LogP contribution in [0.5, 0.6) is 0 Å². The summed E-state index contributed by atoms with van der Waals surface area (Å²) in [6.07, 6.45) is 4.00. The topological polar surface area (TPSA) is 67.4 Å². The number of aromatic nitrogens is 2. The SMILES string of the molecule is CCN(Cc1ccccc1)C(=O)c1cnc(NCCCOC)cn1. The number of nitrogens with one attached hydrogen (secondary N) is 1. The zero-order valence-electron chi connectivity index (χ0n) is 14.2. The Balaban J connectivity index is 1.94. The fourth-order valence-electron chi connectivity index (χ4n) is 2.26. The first-order valence-corrected chi connectivity index (χ1v) is 8.12. The molecule has 0 atom stereocenters. The Morgan fingerprint density at radius 1 is 1.21 bits per heavy atom. The number of methoxy groups -OCH3 is 1. The van der Waals surface area contributed by atoms with Crippen LogP contribution in [0, 0.1) is 0 Å². The molecule has 0 aliphatic rings. The van der Waals surface area contributed by atoms with Gasteiger partial charge in [-0.15, -0.1) is 0 Å². The standard InChI is InChI=1S/C18H24N4O2/c1-3-22(14-15-8-5-4-6-9-15)18(23)16-12-21-17(13-20-16)19-10-7-11-24-2/h4-6,8-9,12-13H,3,7,10-11,14H2,1-2H3,(H,19,21). The van der Waals surface area contributed by atoms with Gasteiger partial charge >= 0.3 is 0 Å². The predicted molar refractivity (Wildman–Crippen MR) is 93.9 cm³/mol. The van der Waals surface area contributed by atoms with Crippen LogP contribution in [0.25, 0.3) is 0 Å². The number of hydrogen-bond donors (Lipinski definition) is 1. The second kappa shape index (κ2) is 9.62. The summed E-state index contributed by atoms with van der Waals surface area (Å²) < 4.78 is 4.99. The lowest BCUT2D eigenvalue weighted by Crippen LogP contribution is -2.31. The number of anilines is 1. The van der Waals surface area contributed by atoms with Gasteiger partial charge in [-0.1, -0.05) is 30.3 Å². The lowest BCUT2D eigenvalue weighted by atomic mass is 10.2. The molecule has 2 rings (SSSR count). The highest BCUT2D eigenvalue weighted by Gasteiger charge is 2.16. The van der Waals surface area contributed by atoms with Crippen LogP contribution < -0.4 is 5.32 Å². The summed E-state index contributed by atoms with van der Waals surface area (Å²) in [5, 5.41) is 3.15.